The van der Waals surface area contributed by atoms with Crippen LogP contribution in [0.15, 0.2) is 37.8 Å². The number of nitrogens with one attached hydrogen (secondary N) is 1. The van der Waals surface area contributed by atoms with Crippen LogP contribution >= 0.6 is 47.8 Å². The fourth-order valence-electron chi connectivity index (χ4n) is 1.60. The first kappa shape index (κ1) is 16.3. The van der Waals surface area contributed by atoms with E-state index in [2.05, 4.69) is 58.1 Å². The minimum absolute atomic E-state index is 0.163. The fourth-order valence-corrected chi connectivity index (χ4v) is 3.19. The Kier molecular flexibility index (Phi) is 5.23. The minimum atomic E-state index is -0.355. The monoisotopic (exact) mass is 477 g/mol. The fraction of sp³-hybridized carbons (Fsp3) is 0.0769. The van der Waals surface area contributed by atoms with Gasteiger partial charge in [-0.05, 0) is 59.9 Å². The van der Waals surface area contributed by atoms with Crippen molar-refractivity contribution in [2.75, 3.05) is 18.2 Å². The first-order valence-electron chi connectivity index (χ1n) is 5.67. The van der Waals surface area contributed by atoms with Crippen molar-refractivity contribution in [1.82, 2.24) is 4.98 Å². The van der Waals surface area contributed by atoms with E-state index in [1.165, 1.54) is 6.20 Å². The largest absolute Gasteiger partial charge is 0.495 e. The van der Waals surface area contributed by atoms with Gasteiger partial charge in [0.05, 0.1) is 22.8 Å². The number of nitrogen functional groups attached to an aromatic ring is 1. The van der Waals surface area contributed by atoms with Crippen molar-refractivity contribution in [3.8, 4) is 5.75 Å². The van der Waals surface area contributed by atoms with Gasteiger partial charge in [-0.25, -0.2) is 4.98 Å². The summed E-state index contributed by atoms with van der Waals surface area (Å²) < 4.78 is 7.37. The predicted molar refractivity (Wildman–Crippen MR) is 92.7 cm³/mol. The molecular weight excluding hydrogens is 470 g/mol. The number of nitrogens with zero attached hydrogens (tertiary/aromatic N) is 1. The molecule has 0 aliphatic rings. The number of halogens is 3. The summed E-state index contributed by atoms with van der Waals surface area (Å²) in [6.45, 7) is 0. The number of carbonyl (C=O) groups is 1. The van der Waals surface area contributed by atoms with E-state index in [0.717, 1.165) is 4.47 Å². The zero-order valence-electron chi connectivity index (χ0n) is 10.8. The number of hydrogen-bond acceptors (Lipinski definition) is 4. The Balaban J connectivity index is 2.33. The van der Waals surface area contributed by atoms with Crippen LogP contribution in [0.25, 0.3) is 0 Å². The molecule has 5 nitrogen and oxygen atoms in total. The number of hydrogen-bond donors (Lipinski definition) is 2. The third-order valence-electron chi connectivity index (χ3n) is 2.62. The van der Waals surface area contributed by atoms with Crippen molar-refractivity contribution < 1.29 is 9.53 Å². The number of ether oxygens (including phenoxy) is 1. The van der Waals surface area contributed by atoms with Gasteiger partial charge in [-0.3, -0.25) is 4.79 Å². The van der Waals surface area contributed by atoms with Crippen LogP contribution in [-0.2, 0) is 0 Å². The molecule has 3 N–H and O–H groups in total. The van der Waals surface area contributed by atoms with Crippen molar-refractivity contribution in [3.05, 3.63) is 43.4 Å². The maximum absolute atomic E-state index is 12.3. The second-order valence-corrected chi connectivity index (χ2v) is 6.63. The Morgan fingerprint density at radius 1 is 1.24 bits per heavy atom. The standard InChI is InChI=1S/C13H10Br3N3O2/c1-21-11-4-10(8(15)3-9(11)16)19-13(20)7-2-6(14)5-18-12(7)17/h2-5H,1H3,(H2,17,18)(H,19,20). The van der Waals surface area contributed by atoms with E-state index < -0.39 is 0 Å². The first-order valence-corrected chi connectivity index (χ1v) is 8.05. The number of nitrogens with two attached hydrogens (primary N) is 1. The van der Waals surface area contributed by atoms with Crippen molar-refractivity contribution in [3.63, 3.8) is 0 Å². The van der Waals surface area contributed by atoms with Gasteiger partial charge in [0.25, 0.3) is 5.91 Å². The molecule has 0 atom stereocenters. The van der Waals surface area contributed by atoms with E-state index >= 15 is 0 Å². The number of rotatable bonds is 3. The van der Waals surface area contributed by atoms with Gasteiger partial charge >= 0.3 is 0 Å². The van der Waals surface area contributed by atoms with Crippen LogP contribution in [0.5, 0.6) is 5.75 Å². The smallest absolute Gasteiger partial charge is 0.259 e. The number of aromatic nitrogens is 1. The quantitative estimate of drug-likeness (QED) is 0.691. The second-order valence-electron chi connectivity index (χ2n) is 4.01. The van der Waals surface area contributed by atoms with Crippen LogP contribution in [0.1, 0.15) is 10.4 Å². The number of pyridine rings is 1. The van der Waals surface area contributed by atoms with Gasteiger partial charge in [-0.1, -0.05) is 0 Å². The third kappa shape index (κ3) is 3.75. The van der Waals surface area contributed by atoms with Crippen LogP contribution < -0.4 is 15.8 Å². The minimum Gasteiger partial charge on any atom is -0.495 e. The lowest BCUT2D eigenvalue weighted by molar-refractivity contribution is 0.102. The lowest BCUT2D eigenvalue weighted by Crippen LogP contribution is -2.15. The molecule has 0 aliphatic heterocycles. The van der Waals surface area contributed by atoms with Crippen molar-refractivity contribution >= 4 is 65.2 Å². The lowest BCUT2D eigenvalue weighted by atomic mass is 10.2. The average Bonchev–Trinajstić information content (AvgIpc) is 2.44. The molecule has 8 heteroatoms. The summed E-state index contributed by atoms with van der Waals surface area (Å²) in [4.78, 5) is 16.2. The van der Waals surface area contributed by atoms with Gasteiger partial charge in [-0.2, -0.15) is 0 Å². The first-order chi connectivity index (χ1) is 9.92. The Morgan fingerprint density at radius 2 is 1.95 bits per heavy atom. The molecule has 0 bridgehead atoms. The Labute approximate surface area is 146 Å². The molecule has 0 unspecified atom stereocenters. The summed E-state index contributed by atoms with van der Waals surface area (Å²) in [5, 5.41) is 2.77. The van der Waals surface area contributed by atoms with E-state index in [1.54, 1.807) is 25.3 Å². The Bertz CT molecular complexity index is 707. The van der Waals surface area contributed by atoms with Crippen LogP contribution in [0.2, 0.25) is 0 Å². The number of carbonyl (C=O) groups excluding carboxylic acids is 1. The van der Waals surface area contributed by atoms with Gasteiger partial charge in [0, 0.05) is 21.2 Å². The van der Waals surface area contributed by atoms with Gasteiger partial charge in [0.1, 0.15) is 11.6 Å². The number of amides is 1. The van der Waals surface area contributed by atoms with Crippen molar-refractivity contribution in [1.29, 1.82) is 0 Å². The molecule has 0 saturated carbocycles. The van der Waals surface area contributed by atoms with Crippen LogP contribution in [-0.4, -0.2) is 18.0 Å². The van der Waals surface area contributed by atoms with Crippen LogP contribution in [0.4, 0.5) is 11.5 Å². The predicted octanol–water partition coefficient (Wildman–Crippen LogP) is 4.21. The van der Waals surface area contributed by atoms with E-state index in [1.807, 2.05) is 0 Å². The average molecular weight is 480 g/mol. The number of methoxy groups -OCH3 is 1. The van der Waals surface area contributed by atoms with E-state index in [4.69, 9.17) is 10.5 Å². The van der Waals surface area contributed by atoms with Crippen molar-refractivity contribution in [2.45, 2.75) is 0 Å². The maximum atomic E-state index is 12.3. The third-order valence-corrected chi connectivity index (χ3v) is 4.33. The van der Waals surface area contributed by atoms with E-state index in [0.29, 0.717) is 20.4 Å². The Hall–Kier alpha value is -1.12. The highest BCUT2D eigenvalue weighted by molar-refractivity contribution is 9.11. The molecule has 1 aromatic heterocycles. The molecule has 0 spiro atoms. The molecule has 0 saturated heterocycles. The Morgan fingerprint density at radius 3 is 2.62 bits per heavy atom. The van der Waals surface area contributed by atoms with Crippen LogP contribution in [0, 0.1) is 0 Å². The highest BCUT2D eigenvalue weighted by Gasteiger charge is 2.15. The second kappa shape index (κ2) is 6.76. The van der Waals surface area contributed by atoms with Crippen molar-refractivity contribution in [2.24, 2.45) is 0 Å². The summed E-state index contributed by atoms with van der Waals surface area (Å²) in [7, 11) is 1.55. The molecule has 1 heterocycles. The highest BCUT2D eigenvalue weighted by atomic mass is 79.9. The lowest BCUT2D eigenvalue weighted by Gasteiger charge is -2.12. The molecule has 1 aromatic carbocycles. The highest BCUT2D eigenvalue weighted by Crippen LogP contribution is 2.34. The van der Waals surface area contributed by atoms with Crippen LogP contribution in [0.3, 0.4) is 0 Å². The maximum Gasteiger partial charge on any atom is 0.259 e. The normalized spacial score (nSPS) is 10.3. The molecule has 2 rings (SSSR count). The molecule has 0 fully saturated rings. The summed E-state index contributed by atoms with van der Waals surface area (Å²) in [5.74, 6) is 0.413. The topological polar surface area (TPSA) is 77.2 Å². The number of anilines is 2. The molecule has 2 aromatic rings. The summed E-state index contributed by atoms with van der Waals surface area (Å²) in [6, 6.07) is 5.10. The molecule has 110 valence electrons. The van der Waals surface area contributed by atoms with Gasteiger partial charge < -0.3 is 15.8 Å². The van der Waals surface area contributed by atoms with Gasteiger partial charge in [-0.15, -0.1) is 0 Å². The van der Waals surface area contributed by atoms with Gasteiger partial charge in [0.2, 0.25) is 0 Å². The molecule has 0 aliphatic carbocycles. The molecule has 0 radical (unpaired) electrons. The summed E-state index contributed by atoms with van der Waals surface area (Å²) in [5.41, 5.74) is 6.58. The molecule has 1 amide bonds. The zero-order chi connectivity index (χ0) is 15.6. The van der Waals surface area contributed by atoms with E-state index in [-0.39, 0.29) is 17.3 Å². The molecule has 21 heavy (non-hydrogen) atoms. The summed E-state index contributed by atoms with van der Waals surface area (Å²) in [6.07, 6.45) is 1.53. The summed E-state index contributed by atoms with van der Waals surface area (Å²) >= 11 is 10.0. The zero-order valence-corrected chi connectivity index (χ0v) is 15.5. The molecular formula is C13H10Br3N3O2. The SMILES string of the molecule is COc1cc(NC(=O)c2cc(Br)cnc2N)c(Br)cc1Br. The number of benzene rings is 1. The van der Waals surface area contributed by atoms with Gasteiger partial charge in [0.15, 0.2) is 0 Å². The van der Waals surface area contributed by atoms with E-state index in [9.17, 15) is 4.79 Å².